The Kier molecular flexibility index (Phi) is 3.22. The first-order chi connectivity index (χ1) is 4.06. The molecule has 0 rings (SSSR count). The molecule has 4 nitrogen and oxygen atoms in total. The maximum Gasteiger partial charge on any atom is 0.207 e. The van der Waals surface area contributed by atoms with Crippen molar-refractivity contribution in [3.63, 3.8) is 0 Å². The van der Waals surface area contributed by atoms with Gasteiger partial charge in [0.1, 0.15) is 9.84 Å². The molecule has 0 heterocycles. The zero-order valence-corrected chi connectivity index (χ0v) is 5.94. The van der Waals surface area contributed by atoms with Crippen LogP contribution in [-0.4, -0.2) is 33.4 Å². The summed E-state index contributed by atoms with van der Waals surface area (Å²) in [6, 6.07) is 0. The second-order valence-corrected chi connectivity index (χ2v) is 3.96. The molecule has 0 bridgehead atoms. The fourth-order valence-corrected chi connectivity index (χ4v) is 0.792. The molecule has 5 heteroatoms. The van der Waals surface area contributed by atoms with Crippen LogP contribution >= 0.6 is 0 Å². The van der Waals surface area contributed by atoms with Crippen LogP contribution in [0.4, 0.5) is 0 Å². The Balaban J connectivity index is 3.40. The van der Waals surface area contributed by atoms with Crippen LogP contribution in [0.25, 0.3) is 0 Å². The van der Waals surface area contributed by atoms with Crippen LogP contribution in [-0.2, 0) is 14.6 Å². The van der Waals surface area contributed by atoms with E-state index in [1.807, 2.05) is 0 Å². The van der Waals surface area contributed by atoms with Crippen LogP contribution in [0.2, 0.25) is 0 Å². The third-order valence-electron chi connectivity index (χ3n) is 0.701. The summed E-state index contributed by atoms with van der Waals surface area (Å²) in [4.78, 5) is 9.58. The van der Waals surface area contributed by atoms with Gasteiger partial charge in [-0.05, 0) is 0 Å². The second-order valence-electron chi connectivity index (χ2n) is 1.70. The van der Waals surface area contributed by atoms with Gasteiger partial charge in [-0.1, -0.05) is 0 Å². The zero-order valence-electron chi connectivity index (χ0n) is 5.12. The fraction of sp³-hybridized carbons (Fsp3) is 0.750. The largest absolute Gasteiger partial charge is 0.358 e. The Hall–Kier alpha value is -0.580. The van der Waals surface area contributed by atoms with Crippen LogP contribution in [0.3, 0.4) is 0 Å². The lowest BCUT2D eigenvalue weighted by Gasteiger charge is -1.94. The fourth-order valence-electron chi connectivity index (χ4n) is 0.303. The molecule has 0 atom stereocenters. The number of hydrogen-bond donors (Lipinski definition) is 1. The summed E-state index contributed by atoms with van der Waals surface area (Å²) in [6.07, 6.45) is 1.60. The predicted molar refractivity (Wildman–Crippen MR) is 33.8 cm³/mol. The molecule has 54 valence electrons. The molecule has 0 fully saturated rings. The third-order valence-corrected chi connectivity index (χ3v) is 1.65. The summed E-state index contributed by atoms with van der Waals surface area (Å²) in [5.41, 5.74) is 0. The highest BCUT2D eigenvalue weighted by molar-refractivity contribution is 7.90. The molecule has 0 unspecified atom stereocenters. The van der Waals surface area contributed by atoms with Gasteiger partial charge in [-0.15, -0.1) is 0 Å². The summed E-state index contributed by atoms with van der Waals surface area (Å²) in [5.74, 6) is 0.00569. The van der Waals surface area contributed by atoms with Crippen molar-refractivity contribution >= 4 is 16.2 Å². The van der Waals surface area contributed by atoms with Gasteiger partial charge in [0, 0.05) is 12.8 Å². The number of hydrogen-bond acceptors (Lipinski definition) is 3. The van der Waals surface area contributed by atoms with Crippen molar-refractivity contribution in [2.45, 2.75) is 0 Å². The van der Waals surface area contributed by atoms with Crippen molar-refractivity contribution in [2.24, 2.45) is 0 Å². The van der Waals surface area contributed by atoms with Crippen LogP contribution in [0, 0.1) is 0 Å². The maximum atomic E-state index is 10.4. The van der Waals surface area contributed by atoms with E-state index in [0.717, 1.165) is 6.26 Å². The van der Waals surface area contributed by atoms with Crippen molar-refractivity contribution in [1.82, 2.24) is 5.32 Å². The molecule has 0 aromatic heterocycles. The van der Waals surface area contributed by atoms with Gasteiger partial charge < -0.3 is 5.32 Å². The van der Waals surface area contributed by atoms with Gasteiger partial charge >= 0.3 is 0 Å². The molecule has 9 heavy (non-hydrogen) atoms. The van der Waals surface area contributed by atoms with Crippen molar-refractivity contribution in [3.8, 4) is 0 Å². The van der Waals surface area contributed by atoms with Crippen LogP contribution in [0.1, 0.15) is 0 Å². The molecule has 0 aromatic carbocycles. The van der Waals surface area contributed by atoms with Crippen LogP contribution in [0.5, 0.6) is 0 Å². The Bertz CT molecular complexity index is 172. The van der Waals surface area contributed by atoms with Gasteiger partial charge in [-0.3, -0.25) is 4.79 Å². The normalized spacial score (nSPS) is 10.8. The number of nitrogens with one attached hydrogen (secondary N) is 1. The highest BCUT2D eigenvalue weighted by Crippen LogP contribution is 1.77. The number of carbonyl (C=O) groups excluding carboxylic acids is 1. The Morgan fingerprint density at radius 1 is 1.56 bits per heavy atom. The minimum Gasteiger partial charge on any atom is -0.358 e. The first-order valence-corrected chi connectivity index (χ1v) is 4.47. The van der Waals surface area contributed by atoms with E-state index in [4.69, 9.17) is 0 Å². The van der Waals surface area contributed by atoms with E-state index >= 15 is 0 Å². The Morgan fingerprint density at radius 2 is 2.11 bits per heavy atom. The van der Waals surface area contributed by atoms with E-state index in [9.17, 15) is 13.2 Å². The Morgan fingerprint density at radius 3 is 2.44 bits per heavy atom. The lowest BCUT2D eigenvalue weighted by Crippen LogP contribution is -2.20. The number of sulfone groups is 1. The standard InChI is InChI=1S/C4H9NO3S/c1-9(7,8)3-2-5-4-6/h4H,2-3H2,1H3,(H,5,6). The second kappa shape index (κ2) is 3.45. The molecular formula is C4H9NO3S. The van der Waals surface area contributed by atoms with E-state index in [0.29, 0.717) is 6.41 Å². The van der Waals surface area contributed by atoms with Gasteiger partial charge in [-0.2, -0.15) is 0 Å². The predicted octanol–water partition coefficient (Wildman–Crippen LogP) is -1.22. The van der Waals surface area contributed by atoms with Crippen LogP contribution < -0.4 is 5.32 Å². The number of carbonyl (C=O) groups is 1. The smallest absolute Gasteiger partial charge is 0.207 e. The van der Waals surface area contributed by atoms with Gasteiger partial charge in [-0.25, -0.2) is 8.42 Å². The van der Waals surface area contributed by atoms with Gasteiger partial charge in [0.25, 0.3) is 0 Å². The first-order valence-electron chi connectivity index (χ1n) is 2.41. The third kappa shape index (κ3) is 7.42. The lowest BCUT2D eigenvalue weighted by atomic mass is 10.8. The van der Waals surface area contributed by atoms with Crippen LogP contribution in [0.15, 0.2) is 0 Å². The molecule has 0 aliphatic rings. The quantitative estimate of drug-likeness (QED) is 0.404. The minimum atomic E-state index is -2.92. The molecule has 1 N–H and O–H groups in total. The molecule has 0 saturated carbocycles. The average molecular weight is 151 g/mol. The highest BCUT2D eigenvalue weighted by atomic mass is 32.2. The molecule has 0 aromatic rings. The summed E-state index contributed by atoms with van der Waals surface area (Å²) < 4.78 is 20.7. The van der Waals surface area contributed by atoms with E-state index < -0.39 is 9.84 Å². The zero-order chi connectivity index (χ0) is 7.33. The Labute approximate surface area is 54.2 Å². The molecular weight excluding hydrogens is 142 g/mol. The van der Waals surface area contributed by atoms with Gasteiger partial charge in [0.15, 0.2) is 0 Å². The molecule has 1 amide bonds. The molecule has 0 aliphatic carbocycles. The number of amides is 1. The maximum absolute atomic E-state index is 10.4. The summed E-state index contributed by atoms with van der Waals surface area (Å²) in [6.45, 7) is 0.197. The minimum absolute atomic E-state index is 0.00569. The summed E-state index contributed by atoms with van der Waals surface area (Å²) in [5, 5.41) is 2.25. The van der Waals surface area contributed by atoms with E-state index in [2.05, 4.69) is 5.32 Å². The molecule has 0 radical (unpaired) electrons. The lowest BCUT2D eigenvalue weighted by molar-refractivity contribution is -0.109. The average Bonchev–Trinajstić information content (AvgIpc) is 1.63. The van der Waals surface area contributed by atoms with E-state index in [-0.39, 0.29) is 12.3 Å². The molecule has 0 aliphatic heterocycles. The van der Waals surface area contributed by atoms with E-state index in [1.165, 1.54) is 0 Å². The SMILES string of the molecule is CS(=O)(=O)CCNC=O. The van der Waals surface area contributed by atoms with Crippen molar-refractivity contribution in [3.05, 3.63) is 0 Å². The monoisotopic (exact) mass is 151 g/mol. The summed E-state index contributed by atoms with van der Waals surface area (Å²) >= 11 is 0. The van der Waals surface area contributed by atoms with Gasteiger partial charge in [0.05, 0.1) is 5.75 Å². The summed E-state index contributed by atoms with van der Waals surface area (Å²) in [7, 11) is -2.92. The molecule has 0 spiro atoms. The van der Waals surface area contributed by atoms with E-state index in [1.54, 1.807) is 0 Å². The first kappa shape index (κ1) is 8.42. The number of rotatable bonds is 4. The topological polar surface area (TPSA) is 63.2 Å². The van der Waals surface area contributed by atoms with Crippen molar-refractivity contribution in [1.29, 1.82) is 0 Å². The molecule has 0 saturated heterocycles. The van der Waals surface area contributed by atoms with Crippen molar-refractivity contribution < 1.29 is 13.2 Å². The van der Waals surface area contributed by atoms with Crippen molar-refractivity contribution in [2.75, 3.05) is 18.6 Å². The van der Waals surface area contributed by atoms with Gasteiger partial charge in [0.2, 0.25) is 6.41 Å². The highest BCUT2D eigenvalue weighted by Gasteiger charge is 1.98.